The quantitative estimate of drug-likeness (QED) is 0.239. The first-order chi connectivity index (χ1) is 10.6. The molecule has 0 fully saturated rings. The number of aromatic nitrogens is 3. The Labute approximate surface area is 122 Å². The second-order valence-corrected chi connectivity index (χ2v) is 4.15. The third-order valence-corrected chi connectivity index (χ3v) is 2.73. The van der Waals surface area contributed by atoms with E-state index in [1.807, 2.05) is 0 Å². The third-order valence-electron chi connectivity index (χ3n) is 2.73. The molecule has 0 spiro atoms. The number of para-hydroxylation sites is 1. The van der Waals surface area contributed by atoms with Crippen LogP contribution in [0.3, 0.4) is 0 Å². The Bertz CT molecular complexity index is 843. The maximum atomic E-state index is 11.7. The van der Waals surface area contributed by atoms with Gasteiger partial charge in [0.25, 0.3) is 5.69 Å². The van der Waals surface area contributed by atoms with E-state index in [4.69, 9.17) is 9.57 Å². The second kappa shape index (κ2) is 5.48. The van der Waals surface area contributed by atoms with E-state index < -0.39 is 11.1 Å². The number of benzene rings is 2. The Morgan fingerprint density at radius 1 is 1.14 bits per heavy atom. The zero-order chi connectivity index (χ0) is 15.5. The summed E-state index contributed by atoms with van der Waals surface area (Å²) in [6.45, 7) is 0. The number of nitro groups is 1. The van der Waals surface area contributed by atoms with Gasteiger partial charge in [-0.2, -0.15) is 0 Å². The van der Waals surface area contributed by atoms with Gasteiger partial charge in [0.1, 0.15) is 16.8 Å². The molecular weight excluding hydrogens is 292 g/mol. The molecule has 1 aromatic heterocycles. The first kappa shape index (κ1) is 13.5. The van der Waals surface area contributed by atoms with Crippen molar-refractivity contribution in [3.8, 4) is 5.75 Å². The maximum Gasteiger partial charge on any atom is 0.540 e. The molecule has 22 heavy (non-hydrogen) atoms. The highest BCUT2D eigenvalue weighted by atomic mass is 16.8. The Morgan fingerprint density at radius 2 is 1.86 bits per heavy atom. The second-order valence-electron chi connectivity index (χ2n) is 4.15. The number of hydrogen-bond donors (Lipinski definition) is 0. The number of rotatable bonds is 3. The number of non-ortho nitro benzene ring substituents is 1. The molecule has 110 valence electrons. The van der Waals surface area contributed by atoms with Gasteiger partial charge in [-0.05, 0) is 29.5 Å². The number of ether oxygens (including phenoxy) is 1. The van der Waals surface area contributed by atoms with Gasteiger partial charge in [0.15, 0.2) is 0 Å². The molecule has 0 N–H and O–H groups in total. The molecule has 0 saturated carbocycles. The van der Waals surface area contributed by atoms with Crippen LogP contribution in [-0.4, -0.2) is 26.2 Å². The lowest BCUT2D eigenvalue weighted by Gasteiger charge is -2.04. The molecule has 0 unspecified atom stereocenters. The van der Waals surface area contributed by atoms with Crippen molar-refractivity contribution < 1.29 is 19.3 Å². The molecule has 0 radical (unpaired) electrons. The fourth-order valence-corrected chi connectivity index (χ4v) is 1.74. The maximum absolute atomic E-state index is 11.7. The molecule has 3 aromatic rings. The minimum Gasteiger partial charge on any atom is -0.393 e. The first-order valence-corrected chi connectivity index (χ1v) is 6.08. The molecule has 3 rings (SSSR count). The Morgan fingerprint density at radius 3 is 2.59 bits per heavy atom. The normalized spacial score (nSPS) is 10.4. The highest BCUT2D eigenvalue weighted by molar-refractivity contribution is 5.74. The summed E-state index contributed by atoms with van der Waals surface area (Å²) in [7, 11) is 0. The minimum absolute atomic E-state index is 0.108. The summed E-state index contributed by atoms with van der Waals surface area (Å²) < 4.78 is 4.90. The molecule has 0 aliphatic heterocycles. The van der Waals surface area contributed by atoms with Gasteiger partial charge in [-0.25, -0.2) is 4.79 Å². The highest BCUT2D eigenvalue weighted by Crippen LogP contribution is 2.17. The standard InChI is InChI=1S/C13H8N4O5/c18-13(21-10-7-5-9(6-8-10)17(19)20)22-16-12-4-2-1-3-11(12)14-15-16/h1-8H. The molecule has 9 heteroatoms. The number of carbonyl (C=O) groups is 1. The Hall–Kier alpha value is -3.49. The molecule has 0 saturated heterocycles. The fraction of sp³-hybridized carbons (Fsp3) is 0. The summed E-state index contributed by atoms with van der Waals surface area (Å²) in [6, 6.07) is 11.9. The Balaban J connectivity index is 1.71. The minimum atomic E-state index is -1.04. The number of nitro benzene ring substituents is 1. The number of carbonyl (C=O) groups excluding carboxylic acids is 1. The average molecular weight is 300 g/mol. The van der Waals surface area contributed by atoms with Crippen LogP contribution >= 0.6 is 0 Å². The zero-order valence-corrected chi connectivity index (χ0v) is 10.9. The molecule has 0 aliphatic rings. The van der Waals surface area contributed by atoms with Crippen LogP contribution in [0.4, 0.5) is 10.5 Å². The van der Waals surface area contributed by atoms with E-state index in [0.29, 0.717) is 11.0 Å². The molecule has 0 bridgehead atoms. The van der Waals surface area contributed by atoms with Crippen LogP contribution in [0.2, 0.25) is 0 Å². The van der Waals surface area contributed by atoms with Crippen molar-refractivity contribution in [3.05, 3.63) is 58.6 Å². The predicted octanol–water partition coefficient (Wildman–Crippen LogP) is 1.97. The molecule has 1 heterocycles. The van der Waals surface area contributed by atoms with Crippen LogP contribution in [-0.2, 0) is 0 Å². The lowest BCUT2D eigenvalue weighted by atomic mass is 10.3. The van der Waals surface area contributed by atoms with Crippen LogP contribution in [0.15, 0.2) is 48.5 Å². The van der Waals surface area contributed by atoms with E-state index in [2.05, 4.69) is 10.3 Å². The van der Waals surface area contributed by atoms with Crippen molar-refractivity contribution in [3.63, 3.8) is 0 Å². The van der Waals surface area contributed by atoms with Crippen LogP contribution in [0.25, 0.3) is 11.0 Å². The molecule has 0 aliphatic carbocycles. The van der Waals surface area contributed by atoms with Gasteiger partial charge in [-0.1, -0.05) is 17.0 Å². The molecule has 2 aromatic carbocycles. The van der Waals surface area contributed by atoms with Gasteiger partial charge in [-0.15, -0.1) is 5.10 Å². The summed E-state index contributed by atoms with van der Waals surface area (Å²) in [6.07, 6.45) is -1.04. The van der Waals surface area contributed by atoms with Crippen molar-refractivity contribution in [1.82, 2.24) is 15.2 Å². The Kier molecular flexibility index (Phi) is 3.36. The summed E-state index contributed by atoms with van der Waals surface area (Å²) in [4.78, 5) is 27.5. The van der Waals surface area contributed by atoms with Gasteiger partial charge in [-0.3, -0.25) is 15.0 Å². The van der Waals surface area contributed by atoms with Crippen LogP contribution in [0.5, 0.6) is 5.75 Å². The van der Waals surface area contributed by atoms with E-state index in [1.165, 1.54) is 24.3 Å². The van der Waals surface area contributed by atoms with Gasteiger partial charge in [0.05, 0.1) is 4.92 Å². The van der Waals surface area contributed by atoms with E-state index in [9.17, 15) is 14.9 Å². The van der Waals surface area contributed by atoms with Crippen molar-refractivity contribution in [2.45, 2.75) is 0 Å². The SMILES string of the molecule is O=C(Oc1ccc([N+](=O)[O-])cc1)On1nnc2ccccc21. The van der Waals surface area contributed by atoms with Crippen molar-refractivity contribution >= 4 is 22.9 Å². The molecule has 0 amide bonds. The highest BCUT2D eigenvalue weighted by Gasteiger charge is 2.13. The van der Waals surface area contributed by atoms with Gasteiger partial charge < -0.3 is 4.74 Å². The van der Waals surface area contributed by atoms with Crippen molar-refractivity contribution in [1.29, 1.82) is 0 Å². The van der Waals surface area contributed by atoms with Crippen molar-refractivity contribution in [2.24, 2.45) is 0 Å². The fourth-order valence-electron chi connectivity index (χ4n) is 1.74. The lowest BCUT2D eigenvalue weighted by Crippen LogP contribution is -2.24. The van der Waals surface area contributed by atoms with Crippen LogP contribution in [0, 0.1) is 10.1 Å². The monoisotopic (exact) mass is 300 g/mol. The van der Waals surface area contributed by atoms with Crippen LogP contribution in [0.1, 0.15) is 0 Å². The summed E-state index contributed by atoms with van der Waals surface area (Å²) in [5.41, 5.74) is 0.955. The zero-order valence-electron chi connectivity index (χ0n) is 10.9. The summed E-state index contributed by atoms with van der Waals surface area (Å²) in [5.74, 6) is 0.111. The molecule has 9 nitrogen and oxygen atoms in total. The van der Waals surface area contributed by atoms with E-state index in [1.54, 1.807) is 24.3 Å². The molecular formula is C13H8N4O5. The van der Waals surface area contributed by atoms with E-state index in [-0.39, 0.29) is 11.4 Å². The first-order valence-electron chi connectivity index (χ1n) is 6.08. The number of hydrogen-bond acceptors (Lipinski definition) is 7. The lowest BCUT2D eigenvalue weighted by molar-refractivity contribution is -0.384. The number of nitrogens with zero attached hydrogens (tertiary/aromatic N) is 4. The summed E-state index contributed by atoms with van der Waals surface area (Å²) >= 11 is 0. The predicted molar refractivity (Wildman–Crippen MR) is 73.2 cm³/mol. The van der Waals surface area contributed by atoms with E-state index in [0.717, 1.165) is 4.85 Å². The van der Waals surface area contributed by atoms with Crippen LogP contribution < -0.4 is 9.57 Å². The summed E-state index contributed by atoms with van der Waals surface area (Å²) in [5, 5.41) is 18.0. The number of fused-ring (bicyclic) bond motifs is 1. The molecule has 0 atom stereocenters. The van der Waals surface area contributed by atoms with Crippen molar-refractivity contribution in [2.75, 3.05) is 0 Å². The van der Waals surface area contributed by atoms with Gasteiger partial charge in [0.2, 0.25) is 0 Å². The largest absolute Gasteiger partial charge is 0.540 e. The van der Waals surface area contributed by atoms with Gasteiger partial charge in [0, 0.05) is 12.1 Å². The third kappa shape index (κ3) is 2.68. The average Bonchev–Trinajstić information content (AvgIpc) is 2.91. The topological polar surface area (TPSA) is 109 Å². The smallest absolute Gasteiger partial charge is 0.393 e. The van der Waals surface area contributed by atoms with Gasteiger partial charge >= 0.3 is 6.16 Å². The van der Waals surface area contributed by atoms with E-state index >= 15 is 0 Å².